The maximum Gasteiger partial charge on any atom is 0.141 e. The minimum atomic E-state index is 0.0431. The van der Waals surface area contributed by atoms with Crippen LogP contribution < -0.4 is 0 Å². The number of rotatable bonds is 0. The van der Waals surface area contributed by atoms with Gasteiger partial charge in [0, 0.05) is 23.7 Å². The number of hydrogen-bond acceptors (Lipinski definition) is 2. The predicted molar refractivity (Wildman–Crippen MR) is 65.4 cm³/mol. The summed E-state index contributed by atoms with van der Waals surface area (Å²) < 4.78 is 0. The van der Waals surface area contributed by atoms with Crippen molar-refractivity contribution in [1.82, 2.24) is 0 Å². The molecule has 0 amide bonds. The molecule has 18 heavy (non-hydrogen) atoms. The Hall–Kier alpha value is -1.18. The van der Waals surface area contributed by atoms with Crippen molar-refractivity contribution in [1.29, 1.82) is 0 Å². The Balaban J connectivity index is 1.65. The monoisotopic (exact) mass is 240 g/mol. The van der Waals surface area contributed by atoms with Crippen molar-refractivity contribution in [3.05, 3.63) is 24.3 Å². The second-order valence-electron chi connectivity index (χ2n) is 6.80. The third kappa shape index (κ3) is 0.877. The zero-order valence-electron chi connectivity index (χ0n) is 10.2. The van der Waals surface area contributed by atoms with Gasteiger partial charge in [0.25, 0.3) is 0 Å². The lowest BCUT2D eigenvalue weighted by Gasteiger charge is -2.40. The summed E-state index contributed by atoms with van der Waals surface area (Å²) in [6, 6.07) is 0. The largest absolute Gasteiger partial charge is 0.299 e. The van der Waals surface area contributed by atoms with Crippen molar-refractivity contribution in [3.8, 4) is 0 Å². The van der Waals surface area contributed by atoms with Crippen molar-refractivity contribution < 1.29 is 9.59 Å². The van der Waals surface area contributed by atoms with E-state index in [0.717, 1.165) is 12.8 Å². The fourth-order valence-corrected chi connectivity index (χ4v) is 5.64. The highest BCUT2D eigenvalue weighted by Gasteiger charge is 2.63. The van der Waals surface area contributed by atoms with Gasteiger partial charge in [-0.05, 0) is 36.5 Å². The molecule has 5 aliphatic carbocycles. The third-order valence-electron chi connectivity index (χ3n) is 6.23. The predicted octanol–water partition coefficient (Wildman–Crippen LogP) is 2.01. The van der Waals surface area contributed by atoms with Gasteiger partial charge in [0.2, 0.25) is 0 Å². The van der Waals surface area contributed by atoms with E-state index in [0.29, 0.717) is 35.2 Å². The summed E-state index contributed by atoms with van der Waals surface area (Å²) in [5.41, 5.74) is 0. The first-order chi connectivity index (χ1) is 8.75. The molecule has 8 atom stereocenters. The third-order valence-corrected chi connectivity index (χ3v) is 6.23. The first-order valence-corrected chi connectivity index (χ1v) is 7.20. The fraction of sp³-hybridized carbons (Fsp3) is 0.625. The van der Waals surface area contributed by atoms with Crippen molar-refractivity contribution in [2.45, 2.75) is 12.8 Å². The van der Waals surface area contributed by atoms with E-state index in [4.69, 9.17) is 0 Å². The van der Waals surface area contributed by atoms with E-state index in [2.05, 4.69) is 24.3 Å². The normalized spacial score (nSPS) is 58.4. The topological polar surface area (TPSA) is 34.1 Å². The number of carbonyl (C=O) groups is 2. The van der Waals surface area contributed by atoms with Crippen LogP contribution >= 0.6 is 0 Å². The first kappa shape index (κ1) is 9.71. The molecule has 0 aliphatic heterocycles. The Morgan fingerprint density at radius 1 is 0.611 bits per heavy atom. The Kier molecular flexibility index (Phi) is 1.55. The lowest BCUT2D eigenvalue weighted by Crippen LogP contribution is -2.50. The molecule has 2 heteroatoms. The van der Waals surface area contributed by atoms with Gasteiger partial charge < -0.3 is 0 Å². The van der Waals surface area contributed by atoms with Crippen LogP contribution in [0.25, 0.3) is 0 Å². The standard InChI is InChI=1S/C16H16O2/c17-15-11-7-1-2-8(5-7)12(11)16(18)14-10-4-3-9(6-10)13(14)15/h1-4,7-14H,5-6H2/t7-,8+,9+,10-,11-,12+,13-,14+. The Morgan fingerprint density at radius 3 is 1.17 bits per heavy atom. The van der Waals surface area contributed by atoms with Crippen molar-refractivity contribution in [2.75, 3.05) is 0 Å². The maximum atomic E-state index is 12.8. The van der Waals surface area contributed by atoms with Gasteiger partial charge in [-0.2, -0.15) is 0 Å². The van der Waals surface area contributed by atoms with Crippen LogP contribution in [0.15, 0.2) is 24.3 Å². The summed E-state index contributed by atoms with van der Waals surface area (Å²) in [5.74, 6) is 2.53. The summed E-state index contributed by atoms with van der Waals surface area (Å²) in [6.07, 6.45) is 10.9. The molecule has 0 saturated heterocycles. The summed E-state index contributed by atoms with van der Waals surface area (Å²) in [7, 11) is 0. The highest BCUT2D eigenvalue weighted by Crippen LogP contribution is 2.60. The average Bonchev–Trinajstić information content (AvgIpc) is 3.10. The van der Waals surface area contributed by atoms with E-state index < -0.39 is 0 Å². The van der Waals surface area contributed by atoms with Crippen LogP contribution in [0.1, 0.15) is 12.8 Å². The molecule has 92 valence electrons. The fourth-order valence-electron chi connectivity index (χ4n) is 5.64. The highest BCUT2D eigenvalue weighted by atomic mass is 16.1. The summed E-state index contributed by atoms with van der Waals surface area (Å²) in [5, 5.41) is 0. The molecule has 5 aliphatic rings. The molecule has 0 N–H and O–H groups in total. The van der Waals surface area contributed by atoms with Crippen LogP contribution in [0, 0.1) is 47.3 Å². The number of carbonyl (C=O) groups excluding carboxylic acids is 2. The summed E-state index contributed by atoms with van der Waals surface area (Å²) in [4.78, 5) is 25.6. The van der Waals surface area contributed by atoms with E-state index in [1.807, 2.05) is 0 Å². The zero-order chi connectivity index (χ0) is 12.0. The van der Waals surface area contributed by atoms with Gasteiger partial charge in [-0.15, -0.1) is 0 Å². The summed E-state index contributed by atoms with van der Waals surface area (Å²) in [6.45, 7) is 0. The number of ketones is 2. The molecule has 2 nitrogen and oxygen atoms in total. The quantitative estimate of drug-likeness (QED) is 0.607. The van der Waals surface area contributed by atoms with Crippen LogP contribution in [0.3, 0.4) is 0 Å². The van der Waals surface area contributed by atoms with Crippen molar-refractivity contribution in [3.63, 3.8) is 0 Å². The van der Waals surface area contributed by atoms with Crippen LogP contribution in [-0.2, 0) is 9.59 Å². The van der Waals surface area contributed by atoms with E-state index in [1.165, 1.54) is 0 Å². The second-order valence-corrected chi connectivity index (χ2v) is 6.80. The van der Waals surface area contributed by atoms with Crippen LogP contribution in [0.5, 0.6) is 0 Å². The molecule has 0 spiro atoms. The SMILES string of the molecule is O=C1[C@@H]2[C@H](C(=O)[C@H]3[C@@H]1[C@H]1C=C[C@@H]3C1)[C@H]1C=C[C@@H]2C1. The van der Waals surface area contributed by atoms with E-state index >= 15 is 0 Å². The van der Waals surface area contributed by atoms with Gasteiger partial charge in [-0.25, -0.2) is 0 Å². The van der Waals surface area contributed by atoms with Crippen molar-refractivity contribution in [2.24, 2.45) is 47.3 Å². The second kappa shape index (κ2) is 2.87. The Labute approximate surface area is 106 Å². The van der Waals surface area contributed by atoms with Gasteiger partial charge in [-0.1, -0.05) is 24.3 Å². The zero-order valence-corrected chi connectivity index (χ0v) is 10.2. The molecule has 3 saturated carbocycles. The molecular weight excluding hydrogens is 224 g/mol. The average molecular weight is 240 g/mol. The minimum absolute atomic E-state index is 0.0431. The van der Waals surface area contributed by atoms with E-state index in [1.54, 1.807) is 0 Å². The van der Waals surface area contributed by atoms with Crippen LogP contribution in [0.2, 0.25) is 0 Å². The molecule has 0 aromatic rings. The smallest absolute Gasteiger partial charge is 0.141 e. The highest BCUT2D eigenvalue weighted by molar-refractivity contribution is 6.02. The number of hydrogen-bond donors (Lipinski definition) is 0. The number of Topliss-reactive ketones (excluding diaryl/α,β-unsaturated/α-hetero) is 2. The minimum Gasteiger partial charge on any atom is -0.299 e. The molecule has 0 unspecified atom stereocenters. The molecule has 0 aromatic heterocycles. The Bertz CT molecular complexity index is 441. The molecule has 5 rings (SSSR count). The van der Waals surface area contributed by atoms with Gasteiger partial charge in [0.15, 0.2) is 0 Å². The van der Waals surface area contributed by atoms with Crippen LogP contribution in [0.4, 0.5) is 0 Å². The molecule has 3 fully saturated rings. The van der Waals surface area contributed by atoms with E-state index in [9.17, 15) is 9.59 Å². The molecule has 4 bridgehead atoms. The lowest BCUT2D eigenvalue weighted by molar-refractivity contribution is -0.148. The molecule has 0 aromatic carbocycles. The lowest BCUT2D eigenvalue weighted by atomic mass is 9.60. The van der Waals surface area contributed by atoms with Crippen LogP contribution in [-0.4, -0.2) is 11.6 Å². The molecule has 0 heterocycles. The first-order valence-electron chi connectivity index (χ1n) is 7.20. The summed E-state index contributed by atoms with van der Waals surface area (Å²) >= 11 is 0. The molecular formula is C16H16O2. The molecule has 0 radical (unpaired) electrons. The van der Waals surface area contributed by atoms with Crippen molar-refractivity contribution >= 4 is 11.6 Å². The van der Waals surface area contributed by atoms with Gasteiger partial charge in [-0.3, -0.25) is 9.59 Å². The van der Waals surface area contributed by atoms with E-state index in [-0.39, 0.29) is 23.7 Å². The van der Waals surface area contributed by atoms with Gasteiger partial charge >= 0.3 is 0 Å². The maximum absolute atomic E-state index is 12.8. The number of fused-ring (bicyclic) bond motifs is 10. The number of allylic oxidation sites excluding steroid dienone is 4. The van der Waals surface area contributed by atoms with Gasteiger partial charge in [0.1, 0.15) is 11.6 Å². The van der Waals surface area contributed by atoms with Gasteiger partial charge in [0.05, 0.1) is 0 Å². The Morgan fingerprint density at radius 2 is 0.889 bits per heavy atom.